The zero-order valence-corrected chi connectivity index (χ0v) is 23.7. The minimum atomic E-state index is -1.97. The Morgan fingerprint density at radius 3 is 2.27 bits per heavy atom. The van der Waals surface area contributed by atoms with Crippen molar-refractivity contribution < 1.29 is 72.2 Å². The van der Waals surface area contributed by atoms with Gasteiger partial charge in [-0.15, -0.1) is 0 Å². The van der Waals surface area contributed by atoms with E-state index in [1.165, 1.54) is 18.2 Å². The molecule has 6 atom stereocenters. The van der Waals surface area contributed by atoms with E-state index in [-0.39, 0.29) is 49.4 Å². The summed E-state index contributed by atoms with van der Waals surface area (Å²) in [4.78, 5) is 81.2. The second-order valence-electron chi connectivity index (χ2n) is 9.34. The zero-order valence-electron chi connectivity index (χ0n) is 23.7. The van der Waals surface area contributed by atoms with Gasteiger partial charge in [-0.1, -0.05) is 12.5 Å². The first-order valence-electron chi connectivity index (χ1n) is 13.4. The molecule has 1 aliphatic rings. The predicted molar refractivity (Wildman–Crippen MR) is 146 cm³/mol. The smallest absolute Gasteiger partial charge is 0.479 e. The first kappa shape index (κ1) is 36.2. The molecule has 0 bridgehead atoms. The molecule has 1 aromatic carbocycles. The van der Waals surface area contributed by atoms with Gasteiger partial charge in [0.1, 0.15) is 12.4 Å². The fraction of sp³-hybridized carbons (Fsp3) is 0.500. The lowest BCUT2D eigenvalue weighted by Gasteiger charge is -2.41. The van der Waals surface area contributed by atoms with E-state index in [9.17, 15) is 38.7 Å². The highest BCUT2D eigenvalue weighted by atomic mass is 16.7. The van der Waals surface area contributed by atoms with Crippen molar-refractivity contribution >= 4 is 49.0 Å². The fourth-order valence-corrected chi connectivity index (χ4v) is 4.17. The number of anilines is 1. The highest BCUT2D eigenvalue weighted by Crippen LogP contribution is 2.33. The van der Waals surface area contributed by atoms with Crippen LogP contribution in [0.4, 0.5) is 10.5 Å². The standard InChI is InChI=1S/C26H34N4O15/c27-7-2-1-3-15(28)23(35)29-8-6-18(34)30-16-9-14(10-40-26(38)39)4-5-17(16)44-25-22(43-13-33)20(42-12-32)19(41-11-31)21(45-25)24(36)37/h4-5,9,11-13,15,19-22,25H,1-3,6-8,10,27-28H2,(H,29,35)(H,30,34)(H,36,37)(H,38,39)/t15-,19-,20?,21?,22+,25?/m0/s1. The summed E-state index contributed by atoms with van der Waals surface area (Å²) in [6, 6.07) is 3.05. The molecule has 248 valence electrons. The molecule has 19 nitrogen and oxygen atoms in total. The van der Waals surface area contributed by atoms with E-state index in [1.807, 2.05) is 0 Å². The number of carbonyl (C=O) groups excluding carboxylic acids is 5. The van der Waals surface area contributed by atoms with Crippen molar-refractivity contribution in [1.82, 2.24) is 5.32 Å². The molecule has 2 rings (SSSR count). The Labute approximate surface area is 255 Å². The van der Waals surface area contributed by atoms with E-state index in [2.05, 4.69) is 15.4 Å². The number of rotatable bonds is 20. The number of unbranched alkanes of at least 4 members (excludes halogenated alkanes) is 1. The quantitative estimate of drug-likeness (QED) is 0.0412. The van der Waals surface area contributed by atoms with E-state index in [0.29, 0.717) is 25.8 Å². The molecule has 0 aliphatic carbocycles. The largest absolute Gasteiger partial charge is 0.506 e. The van der Waals surface area contributed by atoms with Crippen molar-refractivity contribution in [3.63, 3.8) is 0 Å². The van der Waals surface area contributed by atoms with Gasteiger partial charge in [0.25, 0.3) is 19.4 Å². The third-order valence-electron chi connectivity index (χ3n) is 6.26. The van der Waals surface area contributed by atoms with Crippen LogP contribution < -0.4 is 26.8 Å². The maximum Gasteiger partial charge on any atom is 0.506 e. The van der Waals surface area contributed by atoms with E-state index in [0.717, 1.165) is 0 Å². The SMILES string of the molecule is NCCCC[C@H](N)C(=O)NCCC(=O)Nc1cc(COC(=O)O)ccc1OC1OC(C(=O)O)[C@@H](OC=O)C(OC=O)[C@H]1OC=O. The predicted octanol–water partition coefficient (Wildman–Crippen LogP) is -1.40. The number of amides is 2. The van der Waals surface area contributed by atoms with Crippen molar-refractivity contribution in [2.24, 2.45) is 11.5 Å². The average Bonchev–Trinajstić information content (AvgIpc) is 2.99. The van der Waals surface area contributed by atoms with Gasteiger partial charge in [-0.3, -0.25) is 24.0 Å². The summed E-state index contributed by atoms with van der Waals surface area (Å²) >= 11 is 0. The van der Waals surface area contributed by atoms with Crippen LogP contribution in [-0.4, -0.2) is 103 Å². The Morgan fingerprint density at radius 2 is 1.64 bits per heavy atom. The molecule has 0 radical (unpaired) electrons. The number of hydrogen-bond donors (Lipinski definition) is 6. The molecule has 1 aliphatic heterocycles. The maximum atomic E-state index is 12.8. The van der Waals surface area contributed by atoms with Crippen molar-refractivity contribution in [2.45, 2.75) is 69.0 Å². The topological polar surface area (TPSA) is 291 Å². The molecule has 1 heterocycles. The lowest BCUT2D eigenvalue weighted by Crippen LogP contribution is -2.63. The lowest BCUT2D eigenvalue weighted by atomic mass is 9.98. The van der Waals surface area contributed by atoms with Crippen molar-refractivity contribution in [3.05, 3.63) is 23.8 Å². The van der Waals surface area contributed by atoms with Crippen LogP contribution in [0.5, 0.6) is 5.75 Å². The minimum absolute atomic E-state index is 0.0714. The summed E-state index contributed by atoms with van der Waals surface area (Å²) in [6.07, 6.45) is -8.98. The summed E-state index contributed by atoms with van der Waals surface area (Å²) < 4.78 is 30.3. The van der Waals surface area contributed by atoms with Crippen LogP contribution in [-0.2, 0) is 59.1 Å². The molecule has 1 fully saturated rings. The number of nitrogens with one attached hydrogen (secondary N) is 2. The van der Waals surface area contributed by atoms with Crippen LogP contribution >= 0.6 is 0 Å². The summed E-state index contributed by atoms with van der Waals surface area (Å²) in [5.74, 6) is -2.98. The van der Waals surface area contributed by atoms with E-state index >= 15 is 0 Å². The summed E-state index contributed by atoms with van der Waals surface area (Å²) in [5.41, 5.74) is 11.4. The van der Waals surface area contributed by atoms with E-state index < -0.39 is 67.3 Å². The molecular formula is C26H34N4O15. The van der Waals surface area contributed by atoms with Crippen LogP contribution in [0.3, 0.4) is 0 Å². The summed E-state index contributed by atoms with van der Waals surface area (Å²) in [7, 11) is 0. The normalized spacial score (nSPS) is 21.2. The van der Waals surface area contributed by atoms with Gasteiger partial charge in [-0.05, 0) is 37.1 Å². The third-order valence-corrected chi connectivity index (χ3v) is 6.26. The Morgan fingerprint density at radius 1 is 0.978 bits per heavy atom. The number of nitrogens with two attached hydrogens (primary N) is 2. The molecule has 19 heteroatoms. The number of carbonyl (C=O) groups is 7. The van der Waals surface area contributed by atoms with E-state index in [1.54, 1.807) is 0 Å². The van der Waals surface area contributed by atoms with Gasteiger partial charge in [-0.2, -0.15) is 0 Å². The highest BCUT2D eigenvalue weighted by molar-refractivity contribution is 5.93. The molecule has 45 heavy (non-hydrogen) atoms. The Balaban J connectivity index is 2.29. The molecule has 0 spiro atoms. The molecule has 1 aromatic rings. The third kappa shape index (κ3) is 11.2. The first-order chi connectivity index (χ1) is 21.6. The molecule has 8 N–H and O–H groups in total. The number of aliphatic carboxylic acids is 1. The number of benzene rings is 1. The van der Waals surface area contributed by atoms with Gasteiger partial charge >= 0.3 is 12.1 Å². The van der Waals surface area contributed by atoms with Crippen molar-refractivity contribution in [1.29, 1.82) is 0 Å². The fourth-order valence-electron chi connectivity index (χ4n) is 4.17. The molecule has 3 unspecified atom stereocenters. The van der Waals surface area contributed by atoms with Crippen LogP contribution in [0.25, 0.3) is 0 Å². The van der Waals surface area contributed by atoms with Crippen LogP contribution in [0.15, 0.2) is 18.2 Å². The second kappa shape index (κ2) is 18.6. The van der Waals surface area contributed by atoms with Gasteiger partial charge in [0, 0.05) is 13.0 Å². The van der Waals surface area contributed by atoms with Crippen molar-refractivity contribution in [2.75, 3.05) is 18.4 Å². The second-order valence-corrected chi connectivity index (χ2v) is 9.34. The van der Waals surface area contributed by atoms with Gasteiger partial charge in [0.15, 0.2) is 18.3 Å². The molecular weight excluding hydrogens is 608 g/mol. The number of carboxylic acids is 1. The Kier molecular flexibility index (Phi) is 15.0. The monoisotopic (exact) mass is 642 g/mol. The summed E-state index contributed by atoms with van der Waals surface area (Å²) in [5, 5.41) is 23.5. The maximum absolute atomic E-state index is 12.8. The van der Waals surface area contributed by atoms with Crippen molar-refractivity contribution in [3.8, 4) is 5.75 Å². The molecule has 0 saturated carbocycles. The average molecular weight is 643 g/mol. The molecule has 1 saturated heterocycles. The lowest BCUT2D eigenvalue weighted by molar-refractivity contribution is -0.276. The molecule has 2 amide bonds. The molecule has 0 aromatic heterocycles. The Bertz CT molecular complexity index is 1200. The zero-order chi connectivity index (χ0) is 33.4. The number of hydrogen-bond acceptors (Lipinski definition) is 15. The first-order valence-corrected chi connectivity index (χ1v) is 13.4. The number of carboxylic acid groups (broad SMARTS) is 2. The highest BCUT2D eigenvalue weighted by Gasteiger charge is 2.54. The minimum Gasteiger partial charge on any atom is -0.479 e. The Hall–Kier alpha value is -5.01. The van der Waals surface area contributed by atoms with Crippen LogP contribution in [0.2, 0.25) is 0 Å². The van der Waals surface area contributed by atoms with E-state index in [4.69, 9.17) is 40.3 Å². The number of ether oxygens (including phenoxy) is 6. The van der Waals surface area contributed by atoms with Gasteiger partial charge in [0.2, 0.25) is 24.2 Å². The van der Waals surface area contributed by atoms with Gasteiger partial charge in [0.05, 0.1) is 11.7 Å². The summed E-state index contributed by atoms with van der Waals surface area (Å²) in [6.45, 7) is -0.357. The van der Waals surface area contributed by atoms with Crippen LogP contribution in [0.1, 0.15) is 31.2 Å². The van der Waals surface area contributed by atoms with Crippen LogP contribution in [0, 0.1) is 0 Å². The van der Waals surface area contributed by atoms with Gasteiger partial charge in [-0.25, -0.2) is 9.59 Å². The van der Waals surface area contributed by atoms with Gasteiger partial charge < -0.3 is 60.7 Å².